The number of halogens is 2. The number of ether oxygens (including phenoxy) is 2. The summed E-state index contributed by atoms with van der Waals surface area (Å²) in [6.07, 6.45) is 5.34. The van der Waals surface area contributed by atoms with E-state index in [1.165, 1.54) is 49.5 Å². The van der Waals surface area contributed by atoms with Gasteiger partial charge in [-0.3, -0.25) is 13.9 Å². The van der Waals surface area contributed by atoms with Crippen molar-refractivity contribution in [2.75, 3.05) is 25.1 Å². The smallest absolute Gasteiger partial charge is 0.264 e. The summed E-state index contributed by atoms with van der Waals surface area (Å²) in [7, 11) is -1.46. The largest absolute Gasteiger partial charge is 0.493 e. The van der Waals surface area contributed by atoms with E-state index in [4.69, 9.17) is 32.7 Å². The highest BCUT2D eigenvalue weighted by Crippen LogP contribution is 2.33. The number of hydrogen-bond donors (Lipinski definition) is 1. The molecule has 1 N–H and O–H groups in total. The van der Waals surface area contributed by atoms with Crippen LogP contribution in [0.3, 0.4) is 0 Å². The first-order valence-electron chi connectivity index (χ1n) is 14.9. The van der Waals surface area contributed by atoms with Gasteiger partial charge < -0.3 is 19.7 Å². The average Bonchev–Trinajstić information content (AvgIpc) is 3.04. The Morgan fingerprint density at radius 3 is 2.07 bits per heavy atom. The highest BCUT2D eigenvalue weighted by molar-refractivity contribution is 7.92. The third-order valence-electron chi connectivity index (χ3n) is 7.94. The van der Waals surface area contributed by atoms with Crippen LogP contribution >= 0.6 is 23.2 Å². The molecule has 3 aromatic carbocycles. The first-order chi connectivity index (χ1) is 21.6. The van der Waals surface area contributed by atoms with Crippen LogP contribution < -0.4 is 19.1 Å². The molecule has 0 heterocycles. The number of amides is 2. The van der Waals surface area contributed by atoms with Gasteiger partial charge in [0.05, 0.1) is 24.8 Å². The van der Waals surface area contributed by atoms with Crippen LogP contribution in [0.2, 0.25) is 10.0 Å². The number of nitrogens with one attached hydrogen (secondary N) is 1. The molecule has 9 nitrogen and oxygen atoms in total. The van der Waals surface area contributed by atoms with Crippen molar-refractivity contribution in [1.29, 1.82) is 0 Å². The molecule has 1 unspecified atom stereocenters. The molecule has 0 spiro atoms. The molecular weight excluding hydrogens is 637 g/mol. The van der Waals surface area contributed by atoms with Gasteiger partial charge in [0.2, 0.25) is 11.8 Å². The predicted molar refractivity (Wildman–Crippen MR) is 177 cm³/mol. The number of methoxy groups -OCH3 is 2. The fourth-order valence-corrected chi connectivity index (χ4v) is 7.17. The number of carbonyl (C=O) groups is 2. The van der Waals surface area contributed by atoms with E-state index in [0.29, 0.717) is 22.2 Å². The lowest BCUT2D eigenvalue weighted by molar-refractivity contribution is -0.140. The number of nitrogens with zero attached hydrogens (tertiary/aromatic N) is 2. The van der Waals surface area contributed by atoms with E-state index in [0.717, 1.165) is 42.0 Å². The van der Waals surface area contributed by atoms with E-state index >= 15 is 0 Å². The van der Waals surface area contributed by atoms with Crippen LogP contribution in [0.4, 0.5) is 5.69 Å². The SMILES string of the molecule is CCC(C(=O)NC1CCCCC1)N(Cc1ccc(Cl)cc1)C(=O)CN(c1ccc(Cl)cc1)S(=O)(=O)c1ccc(OC)c(OC)c1. The normalized spacial score (nSPS) is 14.3. The number of anilines is 1. The molecule has 0 aromatic heterocycles. The highest BCUT2D eigenvalue weighted by atomic mass is 35.5. The first-order valence-corrected chi connectivity index (χ1v) is 17.1. The second-order valence-corrected chi connectivity index (χ2v) is 13.7. The molecule has 45 heavy (non-hydrogen) atoms. The summed E-state index contributed by atoms with van der Waals surface area (Å²) in [6, 6.07) is 16.6. The molecule has 1 aliphatic carbocycles. The fourth-order valence-electron chi connectivity index (χ4n) is 5.49. The maximum atomic E-state index is 14.3. The summed E-state index contributed by atoms with van der Waals surface area (Å²) >= 11 is 12.2. The Labute approximate surface area is 275 Å². The molecule has 1 fully saturated rings. The van der Waals surface area contributed by atoms with Gasteiger partial charge in [-0.05, 0) is 73.4 Å². The molecule has 2 amide bonds. The summed E-state index contributed by atoms with van der Waals surface area (Å²) in [6.45, 7) is 1.35. The zero-order valence-corrected chi connectivity index (χ0v) is 28.0. The zero-order chi connectivity index (χ0) is 32.6. The minimum atomic E-state index is -4.32. The average molecular weight is 677 g/mol. The van der Waals surface area contributed by atoms with Gasteiger partial charge in [-0.25, -0.2) is 8.42 Å². The van der Waals surface area contributed by atoms with Crippen LogP contribution in [0.15, 0.2) is 71.6 Å². The van der Waals surface area contributed by atoms with E-state index in [1.54, 1.807) is 36.4 Å². The Balaban J connectivity index is 1.73. The molecule has 1 atom stereocenters. The van der Waals surface area contributed by atoms with Crippen LogP contribution in [-0.4, -0.2) is 58.0 Å². The molecule has 0 saturated heterocycles. The van der Waals surface area contributed by atoms with Gasteiger partial charge in [-0.2, -0.15) is 0 Å². The maximum absolute atomic E-state index is 14.3. The van der Waals surface area contributed by atoms with Crippen LogP contribution in [0.25, 0.3) is 0 Å². The van der Waals surface area contributed by atoms with Crippen molar-refractivity contribution in [3.63, 3.8) is 0 Å². The Hall–Kier alpha value is -3.47. The number of rotatable bonds is 13. The second kappa shape index (κ2) is 15.7. The van der Waals surface area contributed by atoms with Crippen molar-refractivity contribution in [3.8, 4) is 11.5 Å². The van der Waals surface area contributed by atoms with E-state index in [9.17, 15) is 18.0 Å². The number of carbonyl (C=O) groups excluding carboxylic acids is 2. The molecular formula is C33H39Cl2N3O6S. The maximum Gasteiger partial charge on any atom is 0.264 e. The lowest BCUT2D eigenvalue weighted by Crippen LogP contribution is -2.54. The fraction of sp³-hybridized carbons (Fsp3) is 0.394. The first kappa shape index (κ1) is 34.4. The third-order valence-corrected chi connectivity index (χ3v) is 10.2. The van der Waals surface area contributed by atoms with Gasteiger partial charge in [0.15, 0.2) is 11.5 Å². The Kier molecular flexibility index (Phi) is 12.0. The van der Waals surface area contributed by atoms with Gasteiger partial charge in [0.1, 0.15) is 12.6 Å². The van der Waals surface area contributed by atoms with Crippen LogP contribution in [-0.2, 0) is 26.2 Å². The van der Waals surface area contributed by atoms with E-state index in [2.05, 4.69) is 5.32 Å². The van der Waals surface area contributed by atoms with E-state index < -0.39 is 28.5 Å². The van der Waals surface area contributed by atoms with Gasteiger partial charge in [0.25, 0.3) is 10.0 Å². The third kappa shape index (κ3) is 8.62. The number of benzene rings is 3. The quantitative estimate of drug-likeness (QED) is 0.223. The van der Waals surface area contributed by atoms with Gasteiger partial charge >= 0.3 is 0 Å². The van der Waals surface area contributed by atoms with Crippen molar-refractivity contribution in [3.05, 3.63) is 82.3 Å². The van der Waals surface area contributed by atoms with Crippen LogP contribution in [0.5, 0.6) is 11.5 Å². The molecule has 1 aliphatic rings. The number of sulfonamides is 1. The van der Waals surface area contributed by atoms with Crippen molar-refractivity contribution in [2.45, 2.75) is 69.0 Å². The Bertz CT molecular complexity index is 1560. The topological polar surface area (TPSA) is 105 Å². The predicted octanol–water partition coefficient (Wildman–Crippen LogP) is 6.46. The molecule has 1 saturated carbocycles. The summed E-state index contributed by atoms with van der Waals surface area (Å²) < 4.78 is 40.1. The van der Waals surface area contributed by atoms with Crippen LogP contribution in [0, 0.1) is 0 Å². The molecule has 4 rings (SSSR count). The zero-order valence-electron chi connectivity index (χ0n) is 25.7. The monoisotopic (exact) mass is 675 g/mol. The molecule has 0 radical (unpaired) electrons. The van der Waals surface area contributed by atoms with E-state index in [1.807, 2.05) is 6.92 Å². The summed E-state index contributed by atoms with van der Waals surface area (Å²) in [5, 5.41) is 4.09. The Morgan fingerprint density at radius 2 is 1.49 bits per heavy atom. The second-order valence-electron chi connectivity index (χ2n) is 10.9. The Morgan fingerprint density at radius 1 is 0.889 bits per heavy atom. The summed E-state index contributed by atoms with van der Waals surface area (Å²) in [5.41, 5.74) is 0.978. The highest BCUT2D eigenvalue weighted by Gasteiger charge is 2.35. The molecule has 3 aromatic rings. The summed E-state index contributed by atoms with van der Waals surface area (Å²) in [5.74, 6) is -0.229. The van der Waals surface area contributed by atoms with Gasteiger partial charge in [-0.15, -0.1) is 0 Å². The van der Waals surface area contributed by atoms with Gasteiger partial charge in [-0.1, -0.05) is 61.5 Å². The van der Waals surface area contributed by atoms with Crippen molar-refractivity contribution in [1.82, 2.24) is 10.2 Å². The lowest BCUT2D eigenvalue weighted by atomic mass is 9.95. The summed E-state index contributed by atoms with van der Waals surface area (Å²) in [4.78, 5) is 29.3. The molecule has 0 aliphatic heterocycles. The van der Waals surface area contributed by atoms with Gasteiger partial charge in [0, 0.05) is 28.7 Å². The lowest BCUT2D eigenvalue weighted by Gasteiger charge is -2.34. The minimum Gasteiger partial charge on any atom is -0.493 e. The minimum absolute atomic E-state index is 0.0452. The van der Waals surface area contributed by atoms with Crippen molar-refractivity contribution in [2.24, 2.45) is 0 Å². The van der Waals surface area contributed by atoms with E-state index in [-0.39, 0.29) is 34.8 Å². The standard InChI is InChI=1S/C33H39Cl2N3O6S/c1-4-29(33(40)36-26-8-6-5-7-9-26)37(21-23-10-12-24(34)13-11-23)32(39)22-38(27-16-14-25(35)15-17-27)45(41,42)28-18-19-30(43-2)31(20-28)44-3/h10-20,26,29H,4-9,21-22H2,1-3H3,(H,36,40). The van der Waals surface area contributed by atoms with Crippen LogP contribution in [0.1, 0.15) is 51.0 Å². The molecule has 12 heteroatoms. The van der Waals surface area contributed by atoms with Crippen molar-refractivity contribution >= 4 is 50.7 Å². The number of hydrogen-bond acceptors (Lipinski definition) is 6. The molecule has 0 bridgehead atoms. The molecule has 242 valence electrons. The van der Waals surface area contributed by atoms with Crippen molar-refractivity contribution < 1.29 is 27.5 Å².